The molecular weight excluding hydrogens is 514 g/mol. The zero-order valence-electron chi connectivity index (χ0n) is 20.0. The molecule has 37 heavy (non-hydrogen) atoms. The van der Waals surface area contributed by atoms with Gasteiger partial charge in [-0.05, 0) is 47.9 Å². The van der Waals surface area contributed by atoms with E-state index in [2.05, 4.69) is 11.2 Å². The maximum atomic E-state index is 14.4. The van der Waals surface area contributed by atoms with Gasteiger partial charge in [0.25, 0.3) is 0 Å². The smallest absolute Gasteiger partial charge is 0.380 e. The number of carbonyl (C=O) groups is 1. The number of methoxy groups -OCH3 is 1. The first-order valence-electron chi connectivity index (χ1n) is 11.0. The fourth-order valence-electron chi connectivity index (χ4n) is 3.86. The van der Waals surface area contributed by atoms with Gasteiger partial charge in [0.15, 0.2) is 0 Å². The van der Waals surface area contributed by atoms with E-state index < -0.39 is 33.5 Å². The third-order valence-electron chi connectivity index (χ3n) is 5.65. The van der Waals surface area contributed by atoms with Crippen LogP contribution >= 0.6 is 0 Å². The Balaban J connectivity index is 1.76. The predicted molar refractivity (Wildman–Crippen MR) is 133 cm³/mol. The maximum absolute atomic E-state index is 14.4. The Morgan fingerprint density at radius 2 is 2.03 bits per heavy atom. The van der Waals surface area contributed by atoms with Crippen LogP contribution in [-0.4, -0.2) is 46.9 Å². The number of hydrogen-bond acceptors (Lipinski definition) is 5. The van der Waals surface area contributed by atoms with Crippen LogP contribution in [0, 0.1) is 18.2 Å². The molecule has 2 aromatic rings. The minimum absolute atomic E-state index is 0.0420. The monoisotopic (exact) mass is 539 g/mol. The molecule has 0 spiro atoms. The first kappa shape index (κ1) is 28.0. The normalized spacial score (nSPS) is 16.1. The lowest BCUT2D eigenvalue weighted by Crippen LogP contribution is -2.23. The number of carbonyl (C=O) groups excluding carboxylic acids is 1. The van der Waals surface area contributed by atoms with Crippen LogP contribution in [0.15, 0.2) is 36.4 Å². The lowest BCUT2D eigenvalue weighted by molar-refractivity contribution is -0.137. The number of anilines is 2. The highest BCUT2D eigenvalue weighted by molar-refractivity contribution is 7.92. The van der Waals surface area contributed by atoms with Crippen molar-refractivity contribution in [2.75, 3.05) is 36.1 Å². The van der Waals surface area contributed by atoms with E-state index in [4.69, 9.17) is 11.2 Å². The van der Waals surface area contributed by atoms with Crippen LogP contribution in [-0.2, 0) is 32.3 Å². The van der Waals surface area contributed by atoms with E-state index in [9.17, 15) is 30.8 Å². The van der Waals surface area contributed by atoms with Crippen LogP contribution in [0.1, 0.15) is 28.7 Å². The highest BCUT2D eigenvalue weighted by atomic mass is 32.2. The molecule has 1 aliphatic rings. The first-order chi connectivity index (χ1) is 17.3. The summed E-state index contributed by atoms with van der Waals surface area (Å²) in [7, 11) is -2.23. The molecule has 1 unspecified atom stereocenters. The molecule has 7 nitrogen and oxygen atoms in total. The Morgan fingerprint density at radius 1 is 1.30 bits per heavy atom. The van der Waals surface area contributed by atoms with Gasteiger partial charge in [-0.1, -0.05) is 12.0 Å². The molecule has 1 aliphatic heterocycles. The first-order valence-corrected chi connectivity index (χ1v) is 12.9. The third-order valence-corrected chi connectivity index (χ3v) is 6.23. The Bertz CT molecular complexity index is 1350. The molecule has 1 atom stereocenters. The SMILES string of the molecule is C#Cc1cc(CNC(=O)/C=C\c2ccc(C(F)(F)F)cc2N2CCC(OC)C2)cc(F)c1NS(C)(=O)=O. The zero-order valence-corrected chi connectivity index (χ0v) is 20.8. The predicted octanol–water partition coefficient (Wildman–Crippen LogP) is 3.75. The number of terminal acetylenes is 1. The average molecular weight is 540 g/mol. The summed E-state index contributed by atoms with van der Waals surface area (Å²) in [6, 6.07) is 5.68. The fourth-order valence-corrected chi connectivity index (χ4v) is 4.43. The summed E-state index contributed by atoms with van der Waals surface area (Å²) in [6.45, 7) is 0.785. The molecule has 1 fully saturated rings. The summed E-state index contributed by atoms with van der Waals surface area (Å²) in [5, 5.41) is 2.54. The zero-order chi connectivity index (χ0) is 27.4. The van der Waals surface area contributed by atoms with Gasteiger partial charge in [-0.3, -0.25) is 9.52 Å². The molecule has 1 heterocycles. The molecule has 198 valence electrons. The van der Waals surface area contributed by atoms with E-state index in [1.54, 1.807) is 12.0 Å². The number of alkyl halides is 3. The number of ether oxygens (including phenoxy) is 1. The van der Waals surface area contributed by atoms with Crippen molar-refractivity contribution in [3.8, 4) is 12.3 Å². The van der Waals surface area contributed by atoms with Crippen molar-refractivity contribution in [2.45, 2.75) is 25.2 Å². The lowest BCUT2D eigenvalue weighted by atomic mass is 10.1. The van der Waals surface area contributed by atoms with Crippen LogP contribution in [0.25, 0.3) is 6.08 Å². The van der Waals surface area contributed by atoms with Crippen molar-refractivity contribution < 1.29 is 35.5 Å². The number of nitrogens with zero attached hydrogens (tertiary/aromatic N) is 1. The van der Waals surface area contributed by atoms with Crippen molar-refractivity contribution in [1.29, 1.82) is 0 Å². The molecule has 12 heteroatoms. The maximum Gasteiger partial charge on any atom is 0.416 e. The Kier molecular flexibility index (Phi) is 8.50. The van der Waals surface area contributed by atoms with E-state index in [1.165, 1.54) is 18.2 Å². The Hall–Kier alpha value is -3.56. The second kappa shape index (κ2) is 11.2. The summed E-state index contributed by atoms with van der Waals surface area (Å²) >= 11 is 0. The molecule has 0 aliphatic carbocycles. The molecule has 2 aromatic carbocycles. The van der Waals surface area contributed by atoms with Gasteiger partial charge in [0, 0.05) is 38.5 Å². The summed E-state index contributed by atoms with van der Waals surface area (Å²) in [5.41, 5.74) is -0.189. The van der Waals surface area contributed by atoms with E-state index >= 15 is 0 Å². The second-order valence-corrected chi connectivity index (χ2v) is 10.2. The van der Waals surface area contributed by atoms with E-state index in [0.29, 0.717) is 30.8 Å². The Labute approximate surface area is 212 Å². The van der Waals surface area contributed by atoms with Gasteiger partial charge in [-0.2, -0.15) is 13.2 Å². The van der Waals surface area contributed by atoms with Gasteiger partial charge in [-0.25, -0.2) is 12.8 Å². The summed E-state index contributed by atoms with van der Waals surface area (Å²) in [4.78, 5) is 14.2. The lowest BCUT2D eigenvalue weighted by Gasteiger charge is -2.22. The van der Waals surface area contributed by atoms with Gasteiger partial charge in [0.1, 0.15) is 5.82 Å². The van der Waals surface area contributed by atoms with Crippen LogP contribution in [0.2, 0.25) is 0 Å². The molecular formula is C25H25F4N3O4S. The molecule has 2 N–H and O–H groups in total. The van der Waals surface area contributed by atoms with Crippen molar-refractivity contribution in [3.63, 3.8) is 0 Å². The van der Waals surface area contributed by atoms with Crippen LogP contribution in [0.5, 0.6) is 0 Å². The standard InChI is InChI=1S/C25H25F4N3O4S/c1-4-17-11-16(12-21(26)24(17)31-37(3,34)35)14-30-23(33)8-6-18-5-7-19(25(27,28)29)13-22(18)32-10-9-20(15-32)36-2/h1,5-8,11-13,20,31H,9-10,14-15H2,2-3H3,(H,30,33)/b8-6-. The molecule has 3 rings (SSSR count). The van der Waals surface area contributed by atoms with E-state index in [0.717, 1.165) is 30.5 Å². The minimum atomic E-state index is -4.52. The van der Waals surface area contributed by atoms with Gasteiger partial charge >= 0.3 is 6.18 Å². The van der Waals surface area contributed by atoms with E-state index in [-0.39, 0.29) is 29.5 Å². The van der Waals surface area contributed by atoms with Crippen LogP contribution in [0.3, 0.4) is 0 Å². The Morgan fingerprint density at radius 3 is 2.62 bits per heavy atom. The van der Waals surface area contributed by atoms with Crippen molar-refractivity contribution >= 4 is 33.4 Å². The fraction of sp³-hybridized carbons (Fsp3) is 0.320. The van der Waals surface area contributed by atoms with Gasteiger partial charge in [0.2, 0.25) is 15.9 Å². The number of amides is 1. The third kappa shape index (κ3) is 7.47. The molecule has 1 saturated heterocycles. The van der Waals surface area contributed by atoms with Crippen molar-refractivity contribution in [2.24, 2.45) is 0 Å². The van der Waals surface area contributed by atoms with Crippen LogP contribution in [0.4, 0.5) is 28.9 Å². The van der Waals surface area contributed by atoms with Crippen molar-refractivity contribution in [1.82, 2.24) is 5.32 Å². The highest BCUT2D eigenvalue weighted by Crippen LogP contribution is 2.35. The summed E-state index contributed by atoms with van der Waals surface area (Å²) < 4.78 is 84.5. The second-order valence-electron chi connectivity index (χ2n) is 8.43. The number of benzene rings is 2. The topological polar surface area (TPSA) is 87.7 Å². The van der Waals surface area contributed by atoms with Gasteiger partial charge in [0.05, 0.1) is 29.2 Å². The van der Waals surface area contributed by atoms with Crippen molar-refractivity contribution in [3.05, 3.63) is 64.5 Å². The van der Waals surface area contributed by atoms with Crippen LogP contribution < -0.4 is 14.9 Å². The minimum Gasteiger partial charge on any atom is -0.380 e. The summed E-state index contributed by atoms with van der Waals surface area (Å²) in [6.07, 6.45) is 4.81. The quantitative estimate of drug-likeness (QED) is 0.303. The molecule has 0 radical (unpaired) electrons. The molecule has 0 aromatic heterocycles. The molecule has 0 saturated carbocycles. The largest absolute Gasteiger partial charge is 0.416 e. The highest BCUT2D eigenvalue weighted by Gasteiger charge is 2.32. The number of halogens is 4. The average Bonchev–Trinajstić information content (AvgIpc) is 3.30. The number of rotatable bonds is 8. The van der Waals surface area contributed by atoms with Gasteiger partial charge < -0.3 is 15.0 Å². The summed E-state index contributed by atoms with van der Waals surface area (Å²) in [5.74, 6) is 0.714. The van der Waals surface area contributed by atoms with Gasteiger partial charge in [-0.15, -0.1) is 6.42 Å². The molecule has 1 amide bonds. The molecule has 0 bridgehead atoms. The number of nitrogens with one attached hydrogen (secondary N) is 2. The number of hydrogen-bond donors (Lipinski definition) is 2. The number of sulfonamides is 1. The van der Waals surface area contributed by atoms with E-state index in [1.807, 2.05) is 4.72 Å².